The topological polar surface area (TPSA) is 90.5 Å². The predicted octanol–water partition coefficient (Wildman–Crippen LogP) is 4.63. The van der Waals surface area contributed by atoms with Gasteiger partial charge < -0.3 is 9.88 Å². The summed E-state index contributed by atoms with van der Waals surface area (Å²) in [5, 5.41) is 17.0. The van der Waals surface area contributed by atoms with E-state index in [0.717, 1.165) is 29.9 Å². The molecule has 0 aliphatic rings. The number of hydrogen-bond donors (Lipinski definition) is 1. The Balaban J connectivity index is 1.50. The summed E-state index contributed by atoms with van der Waals surface area (Å²) in [6.45, 7) is 4.92. The van der Waals surface area contributed by atoms with Crippen LogP contribution in [-0.2, 0) is 11.3 Å². The highest BCUT2D eigenvalue weighted by molar-refractivity contribution is 7.99. The van der Waals surface area contributed by atoms with Crippen molar-refractivity contribution in [2.75, 3.05) is 11.1 Å². The minimum absolute atomic E-state index is 0.179. The van der Waals surface area contributed by atoms with Gasteiger partial charge in [-0.1, -0.05) is 54.0 Å². The standard InChI is InChI=1S/C22H22ClN7OS/c1-3-9-29-21(16-6-4-5-15(2)10-16)27-28-22(29)32-12-20(31)26-18-11-17(23)7-8-19(18)30-14-24-13-25-30/h4-8,10-11,13-14H,3,9,12H2,1-2H3,(H,26,31). The van der Waals surface area contributed by atoms with Gasteiger partial charge in [-0.05, 0) is 37.6 Å². The van der Waals surface area contributed by atoms with Crippen molar-refractivity contribution in [3.05, 3.63) is 65.7 Å². The molecule has 4 aromatic rings. The number of benzene rings is 2. The van der Waals surface area contributed by atoms with Gasteiger partial charge in [0.05, 0.1) is 17.1 Å². The maximum absolute atomic E-state index is 12.7. The van der Waals surface area contributed by atoms with E-state index in [0.29, 0.717) is 21.6 Å². The van der Waals surface area contributed by atoms with Crippen LogP contribution in [-0.4, -0.2) is 41.2 Å². The van der Waals surface area contributed by atoms with Crippen molar-refractivity contribution >= 4 is 35.0 Å². The van der Waals surface area contributed by atoms with E-state index in [1.165, 1.54) is 18.1 Å². The Morgan fingerprint density at radius 1 is 1.19 bits per heavy atom. The quantitative estimate of drug-likeness (QED) is 0.380. The summed E-state index contributed by atoms with van der Waals surface area (Å²) in [7, 11) is 0. The molecule has 0 unspecified atom stereocenters. The minimum Gasteiger partial charge on any atom is -0.323 e. The molecule has 0 spiro atoms. The Kier molecular flexibility index (Phi) is 6.87. The highest BCUT2D eigenvalue weighted by Crippen LogP contribution is 2.27. The molecule has 2 aromatic carbocycles. The van der Waals surface area contributed by atoms with Gasteiger partial charge in [0.15, 0.2) is 11.0 Å². The second-order valence-corrected chi connectivity index (χ2v) is 8.54. The van der Waals surface area contributed by atoms with Gasteiger partial charge in [-0.2, -0.15) is 5.10 Å². The van der Waals surface area contributed by atoms with Gasteiger partial charge in [0.25, 0.3) is 0 Å². The molecule has 32 heavy (non-hydrogen) atoms. The predicted molar refractivity (Wildman–Crippen MR) is 126 cm³/mol. The third kappa shape index (κ3) is 5.00. The van der Waals surface area contributed by atoms with E-state index in [1.54, 1.807) is 29.2 Å². The SMILES string of the molecule is CCCn1c(SCC(=O)Nc2cc(Cl)ccc2-n2cncn2)nnc1-c1cccc(C)c1. The highest BCUT2D eigenvalue weighted by Gasteiger charge is 2.16. The average molecular weight is 468 g/mol. The van der Waals surface area contributed by atoms with Gasteiger partial charge in [0.2, 0.25) is 5.91 Å². The third-order valence-electron chi connectivity index (χ3n) is 4.67. The van der Waals surface area contributed by atoms with Crippen LogP contribution < -0.4 is 5.32 Å². The van der Waals surface area contributed by atoms with Crippen LogP contribution in [0.1, 0.15) is 18.9 Å². The zero-order valence-corrected chi connectivity index (χ0v) is 19.3. The number of carbonyl (C=O) groups is 1. The average Bonchev–Trinajstić information content (AvgIpc) is 3.43. The van der Waals surface area contributed by atoms with Gasteiger partial charge in [0.1, 0.15) is 12.7 Å². The summed E-state index contributed by atoms with van der Waals surface area (Å²) in [4.78, 5) is 16.7. The molecule has 4 rings (SSSR count). The number of hydrogen-bond acceptors (Lipinski definition) is 6. The van der Waals surface area contributed by atoms with Crippen molar-refractivity contribution in [3.8, 4) is 17.1 Å². The number of amides is 1. The van der Waals surface area contributed by atoms with Crippen molar-refractivity contribution in [1.82, 2.24) is 29.5 Å². The largest absolute Gasteiger partial charge is 0.323 e. The second-order valence-electron chi connectivity index (χ2n) is 7.17. The molecule has 10 heteroatoms. The first-order valence-electron chi connectivity index (χ1n) is 10.1. The van der Waals surface area contributed by atoms with Crippen molar-refractivity contribution in [2.24, 2.45) is 0 Å². The van der Waals surface area contributed by atoms with Crippen LogP contribution in [0.2, 0.25) is 5.02 Å². The summed E-state index contributed by atoms with van der Waals surface area (Å²) in [6, 6.07) is 13.4. The molecular weight excluding hydrogens is 446 g/mol. The lowest BCUT2D eigenvalue weighted by Gasteiger charge is -2.12. The molecule has 0 aliphatic carbocycles. The van der Waals surface area contributed by atoms with Crippen LogP contribution in [0.4, 0.5) is 5.69 Å². The van der Waals surface area contributed by atoms with Crippen molar-refractivity contribution in [1.29, 1.82) is 0 Å². The molecule has 8 nitrogen and oxygen atoms in total. The Labute approximate surface area is 195 Å². The molecule has 1 amide bonds. The van der Waals surface area contributed by atoms with E-state index in [-0.39, 0.29) is 11.7 Å². The van der Waals surface area contributed by atoms with Gasteiger partial charge in [-0.3, -0.25) is 4.79 Å². The molecule has 0 aliphatic heterocycles. The zero-order valence-electron chi connectivity index (χ0n) is 17.7. The second kappa shape index (κ2) is 9.97. The Morgan fingerprint density at radius 2 is 2.06 bits per heavy atom. The summed E-state index contributed by atoms with van der Waals surface area (Å²) < 4.78 is 3.64. The monoisotopic (exact) mass is 467 g/mol. The van der Waals surface area contributed by atoms with Crippen LogP contribution in [0.25, 0.3) is 17.1 Å². The number of aromatic nitrogens is 6. The summed E-state index contributed by atoms with van der Waals surface area (Å²) in [5.74, 6) is 0.808. The Hall–Kier alpha value is -3.17. The molecule has 0 bridgehead atoms. The van der Waals surface area contributed by atoms with Gasteiger partial charge in [0, 0.05) is 17.1 Å². The number of aryl methyl sites for hydroxylation is 1. The summed E-state index contributed by atoms with van der Waals surface area (Å²) >= 11 is 7.49. The fourth-order valence-corrected chi connectivity index (χ4v) is 4.21. The molecule has 0 saturated carbocycles. The first-order chi connectivity index (χ1) is 15.5. The van der Waals surface area contributed by atoms with E-state index in [4.69, 9.17) is 11.6 Å². The zero-order chi connectivity index (χ0) is 22.5. The number of nitrogens with zero attached hydrogens (tertiary/aromatic N) is 6. The first kappa shape index (κ1) is 22.0. The molecular formula is C22H22ClN7OS. The Morgan fingerprint density at radius 3 is 2.81 bits per heavy atom. The molecule has 0 fully saturated rings. The lowest BCUT2D eigenvalue weighted by atomic mass is 10.1. The molecule has 0 atom stereocenters. The van der Waals surface area contributed by atoms with Crippen molar-refractivity contribution in [3.63, 3.8) is 0 Å². The van der Waals surface area contributed by atoms with E-state index in [2.05, 4.69) is 43.2 Å². The third-order valence-corrected chi connectivity index (χ3v) is 5.87. The van der Waals surface area contributed by atoms with Crippen LogP contribution in [0, 0.1) is 6.92 Å². The number of rotatable bonds is 8. The lowest BCUT2D eigenvalue weighted by Crippen LogP contribution is -2.16. The molecule has 0 saturated heterocycles. The van der Waals surface area contributed by atoms with Crippen LogP contribution in [0.15, 0.2) is 60.3 Å². The van der Waals surface area contributed by atoms with E-state index in [1.807, 2.05) is 25.1 Å². The van der Waals surface area contributed by atoms with Crippen LogP contribution >= 0.6 is 23.4 Å². The summed E-state index contributed by atoms with van der Waals surface area (Å²) in [5.41, 5.74) is 3.41. The maximum atomic E-state index is 12.7. The van der Waals surface area contributed by atoms with Gasteiger partial charge in [-0.15, -0.1) is 10.2 Å². The number of anilines is 1. The molecule has 0 radical (unpaired) electrons. The number of carbonyl (C=O) groups excluding carboxylic acids is 1. The molecule has 2 aromatic heterocycles. The van der Waals surface area contributed by atoms with Gasteiger partial charge in [-0.25, -0.2) is 9.67 Å². The maximum Gasteiger partial charge on any atom is 0.234 e. The van der Waals surface area contributed by atoms with Crippen molar-refractivity contribution in [2.45, 2.75) is 32.0 Å². The minimum atomic E-state index is -0.179. The van der Waals surface area contributed by atoms with Crippen molar-refractivity contribution < 1.29 is 4.79 Å². The van der Waals surface area contributed by atoms with Crippen LogP contribution in [0.3, 0.4) is 0 Å². The number of thioether (sulfide) groups is 1. The van der Waals surface area contributed by atoms with E-state index >= 15 is 0 Å². The lowest BCUT2D eigenvalue weighted by molar-refractivity contribution is -0.113. The molecule has 1 N–H and O–H groups in total. The normalized spacial score (nSPS) is 11.0. The molecule has 2 heterocycles. The fraction of sp³-hybridized carbons (Fsp3) is 0.227. The summed E-state index contributed by atoms with van der Waals surface area (Å²) in [6.07, 6.45) is 3.93. The van der Waals surface area contributed by atoms with E-state index in [9.17, 15) is 4.79 Å². The molecule has 164 valence electrons. The van der Waals surface area contributed by atoms with E-state index < -0.39 is 0 Å². The highest BCUT2D eigenvalue weighted by atomic mass is 35.5. The van der Waals surface area contributed by atoms with Gasteiger partial charge >= 0.3 is 0 Å². The first-order valence-corrected chi connectivity index (χ1v) is 11.5. The Bertz CT molecular complexity index is 1220. The van der Waals surface area contributed by atoms with Crippen LogP contribution in [0.5, 0.6) is 0 Å². The smallest absolute Gasteiger partial charge is 0.234 e. The number of halogens is 1. The fourth-order valence-electron chi connectivity index (χ4n) is 3.28. The number of nitrogens with one attached hydrogen (secondary N) is 1.